The van der Waals surface area contributed by atoms with Crippen LogP contribution in [-0.2, 0) is 20.6 Å². The van der Waals surface area contributed by atoms with Crippen molar-refractivity contribution in [1.82, 2.24) is 0 Å². The molecule has 0 saturated heterocycles. The Morgan fingerprint density at radius 3 is 1.08 bits per heavy atom. The van der Waals surface area contributed by atoms with Crippen molar-refractivity contribution < 1.29 is 16.8 Å². The van der Waals surface area contributed by atoms with Gasteiger partial charge in [-0.2, -0.15) is 16.8 Å². The van der Waals surface area contributed by atoms with Crippen LogP contribution < -0.4 is 0 Å². The van der Waals surface area contributed by atoms with Crippen LogP contribution in [0.3, 0.4) is 0 Å². The van der Waals surface area contributed by atoms with Crippen molar-refractivity contribution in [3.63, 3.8) is 0 Å². The van der Waals surface area contributed by atoms with Gasteiger partial charge in [-0.15, -0.1) is 0 Å². The summed E-state index contributed by atoms with van der Waals surface area (Å²) in [5.41, 5.74) is 0. The Kier molecular flexibility index (Phi) is 3.05. The predicted octanol–water partition coefficient (Wildman–Crippen LogP) is -0.337. The number of hydrogen-bond acceptors (Lipinski definition) is 4. The van der Waals surface area contributed by atoms with Gasteiger partial charge < -0.3 is 0 Å². The minimum Gasteiger partial charge on any atom is -0.185 e. The molecule has 0 unspecified atom stereocenters. The summed E-state index contributed by atoms with van der Waals surface area (Å²) in [5, 5.41) is 0. The van der Waals surface area contributed by atoms with Gasteiger partial charge in [-0.3, -0.25) is 0 Å². The highest BCUT2D eigenvalue weighted by atomic mass is 32.2. The second-order valence-electron chi connectivity index (χ2n) is 2.55. The van der Waals surface area contributed by atoms with E-state index in [9.17, 15) is 16.8 Å². The predicted molar refractivity (Wildman–Crippen MR) is 46.3 cm³/mol. The van der Waals surface area contributed by atoms with Crippen molar-refractivity contribution in [2.24, 2.45) is 0 Å². The van der Waals surface area contributed by atoms with Gasteiger partial charge in [-0.25, -0.2) is 0 Å². The Labute approximate surface area is 73.3 Å². The third-order valence-corrected chi connectivity index (χ3v) is 3.60. The smallest absolute Gasteiger partial charge is 0.185 e. The van der Waals surface area contributed by atoms with E-state index in [1.165, 1.54) is 0 Å². The van der Waals surface area contributed by atoms with Crippen molar-refractivity contribution in [1.29, 1.82) is 0 Å². The molecule has 0 amide bonds. The standard InChI is InChI=1S/C6H8O4S2/c7-11(8)5-1-2-6(4-3-5)12(9)10/h1-4H2. The lowest BCUT2D eigenvalue weighted by atomic mass is 10.0. The Hall–Kier alpha value is -0.620. The summed E-state index contributed by atoms with van der Waals surface area (Å²) < 4.78 is 41.7. The van der Waals surface area contributed by atoms with Gasteiger partial charge in [-0.05, 0) is 25.7 Å². The largest absolute Gasteiger partial charge is 0.213 e. The monoisotopic (exact) mass is 208 g/mol. The normalized spacial score (nSPS) is 17.7. The lowest BCUT2D eigenvalue weighted by Crippen LogP contribution is -2.14. The van der Waals surface area contributed by atoms with Gasteiger partial charge in [0.25, 0.3) is 0 Å². The summed E-state index contributed by atoms with van der Waals surface area (Å²) in [4.78, 5) is 0.869. The van der Waals surface area contributed by atoms with E-state index >= 15 is 0 Å². The van der Waals surface area contributed by atoms with E-state index in [1.807, 2.05) is 0 Å². The van der Waals surface area contributed by atoms with Crippen LogP contribution in [0.25, 0.3) is 0 Å². The zero-order chi connectivity index (χ0) is 9.14. The summed E-state index contributed by atoms with van der Waals surface area (Å²) in [6.07, 6.45) is 1.44. The molecule has 1 saturated carbocycles. The van der Waals surface area contributed by atoms with Crippen LogP contribution in [0.5, 0.6) is 0 Å². The summed E-state index contributed by atoms with van der Waals surface area (Å²) in [6.45, 7) is 0. The van der Waals surface area contributed by atoms with Gasteiger partial charge in [0.1, 0.15) is 0 Å². The van der Waals surface area contributed by atoms with Gasteiger partial charge in [0.2, 0.25) is 20.6 Å². The van der Waals surface area contributed by atoms with Gasteiger partial charge in [0.05, 0.1) is 9.73 Å². The fraction of sp³-hybridized carbons (Fsp3) is 0.667. The van der Waals surface area contributed by atoms with E-state index in [1.54, 1.807) is 0 Å². The van der Waals surface area contributed by atoms with Crippen LogP contribution >= 0.6 is 0 Å². The third kappa shape index (κ3) is 2.18. The quantitative estimate of drug-likeness (QED) is 0.511. The van der Waals surface area contributed by atoms with Crippen molar-refractivity contribution in [2.75, 3.05) is 0 Å². The molecule has 1 rings (SSSR count). The molecule has 68 valence electrons. The summed E-state index contributed by atoms with van der Waals surface area (Å²) >= 11 is 0. The fourth-order valence-corrected chi connectivity index (χ4v) is 2.22. The van der Waals surface area contributed by atoms with Crippen LogP contribution in [0, 0.1) is 0 Å². The first kappa shape index (κ1) is 9.47. The molecule has 0 atom stereocenters. The molecular formula is C6H8O4S2. The SMILES string of the molecule is O=S(=O)=C1CCC(=S(=O)=O)CC1. The molecule has 0 spiro atoms. The molecule has 0 heterocycles. The molecule has 0 radical (unpaired) electrons. The molecule has 4 nitrogen and oxygen atoms in total. The maximum atomic E-state index is 10.4. The first-order valence-electron chi connectivity index (χ1n) is 3.49. The zero-order valence-electron chi connectivity index (χ0n) is 6.28. The lowest BCUT2D eigenvalue weighted by molar-refractivity contribution is 0.623. The Morgan fingerprint density at radius 2 is 0.917 bits per heavy atom. The maximum Gasteiger partial charge on any atom is 0.213 e. The lowest BCUT2D eigenvalue weighted by Gasteiger charge is -2.09. The molecule has 0 bridgehead atoms. The molecule has 0 aromatic carbocycles. The van der Waals surface area contributed by atoms with E-state index in [-0.39, 0.29) is 0 Å². The second-order valence-corrected chi connectivity index (χ2v) is 4.64. The van der Waals surface area contributed by atoms with Crippen LogP contribution in [0.1, 0.15) is 25.7 Å². The number of rotatable bonds is 0. The second kappa shape index (κ2) is 3.86. The van der Waals surface area contributed by atoms with Crippen molar-refractivity contribution in [2.45, 2.75) is 25.7 Å². The Balaban J connectivity index is 2.90. The molecule has 0 aromatic rings. The van der Waals surface area contributed by atoms with Crippen LogP contribution in [-0.4, -0.2) is 26.6 Å². The Morgan fingerprint density at radius 1 is 0.667 bits per heavy atom. The number of hydrogen-bond donors (Lipinski definition) is 0. The Bertz CT molecular complexity index is 366. The van der Waals surface area contributed by atoms with Crippen LogP contribution in [0.4, 0.5) is 0 Å². The van der Waals surface area contributed by atoms with Gasteiger partial charge in [0, 0.05) is 0 Å². The molecule has 1 aliphatic carbocycles. The fourth-order valence-electron chi connectivity index (χ4n) is 1.14. The average Bonchev–Trinajstić information content (AvgIpc) is 2.04. The van der Waals surface area contributed by atoms with Crippen molar-refractivity contribution >= 4 is 30.3 Å². The van der Waals surface area contributed by atoms with E-state index in [2.05, 4.69) is 0 Å². The van der Waals surface area contributed by atoms with Gasteiger partial charge in [0.15, 0.2) is 0 Å². The van der Waals surface area contributed by atoms with Crippen LogP contribution in [0.15, 0.2) is 0 Å². The minimum atomic E-state index is -2.13. The topological polar surface area (TPSA) is 68.3 Å². The summed E-state index contributed by atoms with van der Waals surface area (Å²) in [7, 11) is -4.26. The minimum absolute atomic E-state index is 0.361. The molecule has 1 fully saturated rings. The molecule has 0 N–H and O–H groups in total. The van der Waals surface area contributed by atoms with Crippen molar-refractivity contribution in [3.05, 3.63) is 0 Å². The van der Waals surface area contributed by atoms with E-state index in [0.717, 1.165) is 0 Å². The summed E-state index contributed by atoms with van der Waals surface area (Å²) in [6, 6.07) is 0. The third-order valence-electron chi connectivity index (χ3n) is 1.84. The highest BCUT2D eigenvalue weighted by Crippen LogP contribution is 2.11. The van der Waals surface area contributed by atoms with Crippen LogP contribution in [0.2, 0.25) is 0 Å². The first-order valence-corrected chi connectivity index (χ1v) is 5.64. The maximum absolute atomic E-state index is 10.4. The molecule has 1 aliphatic rings. The summed E-state index contributed by atoms with van der Waals surface area (Å²) in [5.74, 6) is 0. The van der Waals surface area contributed by atoms with E-state index < -0.39 is 20.6 Å². The molecule has 0 aliphatic heterocycles. The van der Waals surface area contributed by atoms with E-state index in [4.69, 9.17) is 0 Å². The molecule has 0 aromatic heterocycles. The average molecular weight is 208 g/mol. The van der Waals surface area contributed by atoms with Gasteiger partial charge in [-0.1, -0.05) is 0 Å². The first-order chi connectivity index (χ1) is 5.61. The highest BCUT2D eigenvalue weighted by molar-refractivity contribution is 7.73. The molecular weight excluding hydrogens is 200 g/mol. The van der Waals surface area contributed by atoms with Gasteiger partial charge >= 0.3 is 0 Å². The van der Waals surface area contributed by atoms with Crippen molar-refractivity contribution in [3.8, 4) is 0 Å². The molecule has 12 heavy (non-hydrogen) atoms. The molecule has 6 heteroatoms. The zero-order valence-corrected chi connectivity index (χ0v) is 7.91. The van der Waals surface area contributed by atoms with E-state index in [0.29, 0.717) is 35.4 Å². The highest BCUT2D eigenvalue weighted by Gasteiger charge is 2.14.